The molecular weight excluding hydrogens is 572 g/mol. The van der Waals surface area contributed by atoms with E-state index in [1.807, 2.05) is 13.8 Å². The lowest BCUT2D eigenvalue weighted by Gasteiger charge is -2.43. The maximum absolute atomic E-state index is 13.0. The second kappa shape index (κ2) is 14.4. The molecule has 0 amide bonds. The van der Waals surface area contributed by atoms with Gasteiger partial charge in [-0.05, 0) is 26.0 Å². The van der Waals surface area contributed by atoms with Crippen LogP contribution in [0.4, 0.5) is 0 Å². The van der Waals surface area contributed by atoms with Gasteiger partial charge in [0.1, 0.15) is 30.1 Å². The maximum atomic E-state index is 13.0. The second-order valence-electron chi connectivity index (χ2n) is 9.51. The van der Waals surface area contributed by atoms with Crippen molar-refractivity contribution in [2.75, 3.05) is 6.61 Å². The fraction of sp³-hybridized carbons (Fsp3) is 0.483. The highest BCUT2D eigenvalue weighted by atomic mass is 16.7. The molecule has 0 aliphatic carbocycles. The summed E-state index contributed by atoms with van der Waals surface area (Å²) in [6, 6.07) is 4.59. The molecule has 1 aliphatic rings. The summed E-state index contributed by atoms with van der Waals surface area (Å²) < 4.78 is 50.0. The van der Waals surface area contributed by atoms with E-state index in [-0.39, 0.29) is 22.8 Å². The van der Waals surface area contributed by atoms with E-state index in [0.717, 1.165) is 27.7 Å². The lowest BCUT2D eigenvalue weighted by molar-refractivity contribution is -0.288. The van der Waals surface area contributed by atoms with Gasteiger partial charge in [0.2, 0.25) is 12.4 Å². The quantitative estimate of drug-likeness (QED) is 0.167. The van der Waals surface area contributed by atoms with Crippen LogP contribution in [0.1, 0.15) is 48.5 Å². The van der Waals surface area contributed by atoms with Gasteiger partial charge in [-0.2, -0.15) is 0 Å². The summed E-state index contributed by atoms with van der Waals surface area (Å²) in [6.45, 7) is 9.05. The lowest BCUT2D eigenvalue weighted by Crippen LogP contribution is -2.63. The SMILES string of the molecule is CC#COc1c(O[C@H]2O[C@H](COC(C)=O)[C@@H](OC(C)=O)[C@H](OC(C)=O)[C@@H]2OC(C)=O)c2ccc(OC(C)C)cc2oc1=O. The molecule has 232 valence electrons. The Bertz CT molecular complexity index is 1480. The summed E-state index contributed by atoms with van der Waals surface area (Å²) >= 11 is 0. The third-order valence-corrected chi connectivity index (χ3v) is 5.60. The minimum atomic E-state index is -1.64. The Morgan fingerprint density at radius 3 is 2.09 bits per heavy atom. The zero-order valence-corrected chi connectivity index (χ0v) is 24.6. The first-order valence-electron chi connectivity index (χ1n) is 13.1. The molecular formula is C29H32O14. The van der Waals surface area contributed by atoms with Crippen LogP contribution in [0.2, 0.25) is 0 Å². The van der Waals surface area contributed by atoms with Gasteiger partial charge >= 0.3 is 29.5 Å². The molecule has 0 bridgehead atoms. The lowest BCUT2D eigenvalue weighted by atomic mass is 9.98. The molecule has 0 saturated carbocycles. The van der Waals surface area contributed by atoms with Crippen LogP contribution in [0.15, 0.2) is 27.4 Å². The normalized spacial score (nSPS) is 21.2. The second-order valence-corrected chi connectivity index (χ2v) is 9.51. The van der Waals surface area contributed by atoms with Gasteiger partial charge in [0.25, 0.3) is 5.75 Å². The summed E-state index contributed by atoms with van der Waals surface area (Å²) in [4.78, 5) is 61.0. The van der Waals surface area contributed by atoms with Crippen molar-refractivity contribution in [1.29, 1.82) is 0 Å². The largest absolute Gasteiger partial charge is 0.491 e. The van der Waals surface area contributed by atoms with Gasteiger partial charge in [-0.25, -0.2) is 4.79 Å². The van der Waals surface area contributed by atoms with Crippen molar-refractivity contribution in [2.24, 2.45) is 0 Å². The third-order valence-electron chi connectivity index (χ3n) is 5.60. The number of hydrogen-bond acceptors (Lipinski definition) is 14. The highest BCUT2D eigenvalue weighted by molar-refractivity contribution is 5.87. The van der Waals surface area contributed by atoms with Crippen molar-refractivity contribution < 1.29 is 61.5 Å². The summed E-state index contributed by atoms with van der Waals surface area (Å²) in [6.07, 6.45) is -5.26. The molecule has 0 radical (unpaired) electrons. The fourth-order valence-corrected chi connectivity index (χ4v) is 4.19. The molecule has 1 aromatic heterocycles. The van der Waals surface area contributed by atoms with Gasteiger partial charge < -0.3 is 42.3 Å². The molecule has 0 N–H and O–H groups in total. The topological polar surface area (TPSA) is 172 Å². The van der Waals surface area contributed by atoms with Crippen molar-refractivity contribution in [3.05, 3.63) is 28.6 Å². The number of hydrogen-bond donors (Lipinski definition) is 0. The van der Waals surface area contributed by atoms with E-state index in [0.29, 0.717) is 5.75 Å². The number of benzene rings is 1. The maximum Gasteiger partial charge on any atom is 0.384 e. The average Bonchev–Trinajstić information content (AvgIpc) is 2.89. The molecule has 0 spiro atoms. The van der Waals surface area contributed by atoms with E-state index in [1.54, 1.807) is 6.07 Å². The summed E-state index contributed by atoms with van der Waals surface area (Å²) in [5.41, 5.74) is -0.932. The molecule has 1 aliphatic heterocycles. The molecule has 43 heavy (non-hydrogen) atoms. The highest BCUT2D eigenvalue weighted by Gasteiger charge is 2.53. The standard InChI is InChI=1S/C29H32O14/c1-8-11-35-26-23(20-10-9-19(37-14(2)3)12-21(20)41-28(26)34)43-29-27(40-18(7)33)25(39-17(6)32)24(38-16(5)31)22(42-29)13-36-15(4)30/h9-10,12,14,22,24-25,27,29H,13H2,1-7H3/t22-,24-,25+,27+,29-/m1/s1. The smallest absolute Gasteiger partial charge is 0.384 e. The van der Waals surface area contributed by atoms with Crippen molar-refractivity contribution in [2.45, 2.75) is 85.3 Å². The third kappa shape index (κ3) is 8.62. The van der Waals surface area contributed by atoms with Crippen LogP contribution in [0.3, 0.4) is 0 Å². The van der Waals surface area contributed by atoms with Crippen LogP contribution < -0.4 is 19.8 Å². The number of carbonyl (C=O) groups is 4. The fourth-order valence-electron chi connectivity index (χ4n) is 4.19. The average molecular weight is 605 g/mol. The van der Waals surface area contributed by atoms with Gasteiger partial charge in [0.15, 0.2) is 18.0 Å². The molecule has 2 aromatic rings. The molecule has 1 fully saturated rings. The Kier molecular flexibility index (Phi) is 11.0. The number of esters is 4. The van der Waals surface area contributed by atoms with Gasteiger partial charge in [0.05, 0.1) is 11.5 Å². The molecule has 0 unspecified atom stereocenters. The zero-order chi connectivity index (χ0) is 31.8. The first-order valence-corrected chi connectivity index (χ1v) is 13.1. The van der Waals surface area contributed by atoms with Gasteiger partial charge in [-0.1, -0.05) is 5.92 Å². The van der Waals surface area contributed by atoms with Crippen molar-refractivity contribution in [3.63, 3.8) is 0 Å². The zero-order valence-electron chi connectivity index (χ0n) is 24.6. The molecule has 14 heteroatoms. The van der Waals surface area contributed by atoms with E-state index in [1.165, 1.54) is 19.1 Å². The monoisotopic (exact) mass is 604 g/mol. The van der Waals surface area contributed by atoms with Gasteiger partial charge in [-0.15, -0.1) is 0 Å². The van der Waals surface area contributed by atoms with Crippen LogP contribution >= 0.6 is 0 Å². The Labute approximate surface area is 246 Å². The van der Waals surface area contributed by atoms with E-state index in [4.69, 9.17) is 42.3 Å². The molecule has 5 atom stereocenters. The Morgan fingerprint density at radius 2 is 1.51 bits per heavy atom. The van der Waals surface area contributed by atoms with E-state index in [2.05, 4.69) is 12.0 Å². The number of fused-ring (bicyclic) bond motifs is 1. The molecule has 1 saturated heterocycles. The highest BCUT2D eigenvalue weighted by Crippen LogP contribution is 2.38. The molecule has 3 rings (SSSR count). The van der Waals surface area contributed by atoms with Gasteiger partial charge in [-0.3, -0.25) is 19.2 Å². The number of rotatable bonds is 10. The Morgan fingerprint density at radius 1 is 0.884 bits per heavy atom. The van der Waals surface area contributed by atoms with Crippen molar-refractivity contribution in [3.8, 4) is 29.3 Å². The van der Waals surface area contributed by atoms with Crippen LogP contribution in [0.5, 0.6) is 17.2 Å². The molecule has 2 heterocycles. The van der Waals surface area contributed by atoms with Crippen molar-refractivity contribution in [1.82, 2.24) is 0 Å². The number of ether oxygens (including phenoxy) is 8. The minimum absolute atomic E-state index is 0.0422. The summed E-state index contributed by atoms with van der Waals surface area (Å²) in [5, 5.41) is 0.205. The van der Waals surface area contributed by atoms with Crippen LogP contribution in [-0.2, 0) is 42.9 Å². The predicted molar refractivity (Wildman–Crippen MR) is 145 cm³/mol. The number of carbonyl (C=O) groups excluding carboxylic acids is 4. The van der Waals surface area contributed by atoms with Crippen LogP contribution in [-0.4, -0.2) is 67.3 Å². The van der Waals surface area contributed by atoms with Gasteiger partial charge in [0, 0.05) is 40.7 Å². The molecule has 1 aromatic carbocycles. The summed E-state index contributed by atoms with van der Waals surface area (Å²) in [7, 11) is 0. The first-order chi connectivity index (χ1) is 20.3. The predicted octanol–water partition coefficient (Wildman–Crippen LogP) is 2.40. The Hall–Kier alpha value is -4.77. The molecule has 14 nitrogen and oxygen atoms in total. The minimum Gasteiger partial charge on any atom is -0.491 e. The van der Waals surface area contributed by atoms with Crippen LogP contribution in [0.25, 0.3) is 11.0 Å². The van der Waals surface area contributed by atoms with Crippen LogP contribution in [0, 0.1) is 12.0 Å². The van der Waals surface area contributed by atoms with Crippen molar-refractivity contribution >= 4 is 34.8 Å². The van der Waals surface area contributed by atoms with E-state index < -0.39 is 72.6 Å². The Balaban J connectivity index is 2.21. The first kappa shape index (κ1) is 32.7. The summed E-state index contributed by atoms with van der Waals surface area (Å²) in [5.74, 6) is -0.944. The van der Waals surface area contributed by atoms with E-state index >= 15 is 0 Å². The van der Waals surface area contributed by atoms with E-state index in [9.17, 15) is 24.0 Å².